The lowest BCUT2D eigenvalue weighted by Gasteiger charge is -2.26. The first-order valence-electron chi connectivity index (χ1n) is 7.24. The zero-order chi connectivity index (χ0) is 14.4. The van der Waals surface area contributed by atoms with Crippen LogP contribution in [0, 0.1) is 5.92 Å². The Bertz CT molecular complexity index is 345. The molecule has 0 spiro atoms. The zero-order valence-electron chi connectivity index (χ0n) is 11.6. The Morgan fingerprint density at radius 2 is 2.00 bits per heavy atom. The van der Waals surface area contributed by atoms with Crippen LogP contribution >= 0.6 is 0 Å². The van der Waals surface area contributed by atoms with Gasteiger partial charge in [0.15, 0.2) is 0 Å². The van der Waals surface area contributed by atoms with Gasteiger partial charge in [-0.3, -0.25) is 9.69 Å². The fourth-order valence-corrected chi connectivity index (χ4v) is 2.80. The zero-order valence-corrected chi connectivity index (χ0v) is 11.6. The number of rotatable bonds is 5. The van der Waals surface area contributed by atoms with Crippen LogP contribution in [-0.2, 0) is 9.53 Å². The summed E-state index contributed by atoms with van der Waals surface area (Å²) < 4.78 is 5.25. The highest BCUT2D eigenvalue weighted by atomic mass is 16.5. The number of urea groups is 1. The molecule has 0 aromatic rings. The van der Waals surface area contributed by atoms with Crippen LogP contribution in [0.2, 0.25) is 0 Å². The maximum atomic E-state index is 11.8. The van der Waals surface area contributed by atoms with Crippen molar-refractivity contribution in [1.29, 1.82) is 0 Å². The minimum absolute atomic E-state index is 0.240. The number of morpholine rings is 1. The van der Waals surface area contributed by atoms with E-state index in [-0.39, 0.29) is 12.1 Å². The van der Waals surface area contributed by atoms with E-state index in [0.717, 1.165) is 45.7 Å². The highest BCUT2D eigenvalue weighted by Gasteiger charge is 2.33. The van der Waals surface area contributed by atoms with Crippen molar-refractivity contribution in [1.82, 2.24) is 15.5 Å². The van der Waals surface area contributed by atoms with Crippen molar-refractivity contribution in [3.63, 3.8) is 0 Å². The van der Waals surface area contributed by atoms with Crippen molar-refractivity contribution in [2.45, 2.75) is 25.3 Å². The Morgan fingerprint density at radius 3 is 2.70 bits per heavy atom. The van der Waals surface area contributed by atoms with Gasteiger partial charge in [-0.05, 0) is 12.8 Å². The van der Waals surface area contributed by atoms with Crippen molar-refractivity contribution in [3.05, 3.63) is 0 Å². The topological polar surface area (TPSA) is 90.9 Å². The third kappa shape index (κ3) is 4.35. The molecule has 0 aromatic heterocycles. The fraction of sp³-hybridized carbons (Fsp3) is 0.846. The second-order valence-corrected chi connectivity index (χ2v) is 5.34. The van der Waals surface area contributed by atoms with Crippen LogP contribution in [0.4, 0.5) is 4.79 Å². The number of nitrogens with zero attached hydrogens (tertiary/aromatic N) is 1. The van der Waals surface area contributed by atoms with Crippen molar-refractivity contribution >= 4 is 12.0 Å². The molecule has 2 fully saturated rings. The van der Waals surface area contributed by atoms with Crippen molar-refractivity contribution in [2.24, 2.45) is 5.92 Å². The van der Waals surface area contributed by atoms with Gasteiger partial charge in [0.2, 0.25) is 0 Å². The summed E-state index contributed by atoms with van der Waals surface area (Å²) in [6.07, 6.45) is 2.25. The van der Waals surface area contributed by atoms with Crippen LogP contribution in [0.15, 0.2) is 0 Å². The molecule has 1 saturated carbocycles. The Labute approximate surface area is 118 Å². The number of amides is 2. The summed E-state index contributed by atoms with van der Waals surface area (Å²) in [7, 11) is 0. The molecule has 3 N–H and O–H groups in total. The molecule has 1 saturated heterocycles. The van der Waals surface area contributed by atoms with Gasteiger partial charge < -0.3 is 20.5 Å². The van der Waals surface area contributed by atoms with E-state index in [0.29, 0.717) is 13.0 Å². The van der Waals surface area contributed by atoms with Crippen LogP contribution in [0.25, 0.3) is 0 Å². The van der Waals surface area contributed by atoms with E-state index in [1.54, 1.807) is 0 Å². The Balaban J connectivity index is 1.63. The average molecular weight is 285 g/mol. The molecular weight excluding hydrogens is 262 g/mol. The number of carbonyl (C=O) groups excluding carboxylic acids is 1. The number of aliphatic carboxylic acids is 1. The minimum Gasteiger partial charge on any atom is -0.481 e. The number of carboxylic acids is 1. The SMILES string of the molecule is O=C(NCCN1CCOCC1)NC1CCCC1C(=O)O. The lowest BCUT2D eigenvalue weighted by molar-refractivity contribution is -0.142. The van der Waals surface area contributed by atoms with E-state index in [4.69, 9.17) is 9.84 Å². The number of nitrogens with one attached hydrogen (secondary N) is 2. The quantitative estimate of drug-likeness (QED) is 0.654. The second-order valence-electron chi connectivity index (χ2n) is 5.34. The van der Waals surface area contributed by atoms with Crippen LogP contribution in [0.3, 0.4) is 0 Å². The van der Waals surface area contributed by atoms with Gasteiger partial charge in [0, 0.05) is 32.2 Å². The molecule has 2 rings (SSSR count). The average Bonchev–Trinajstić information content (AvgIpc) is 2.88. The van der Waals surface area contributed by atoms with Crippen LogP contribution in [0.1, 0.15) is 19.3 Å². The van der Waals surface area contributed by atoms with Gasteiger partial charge in [0.1, 0.15) is 0 Å². The van der Waals surface area contributed by atoms with E-state index in [9.17, 15) is 9.59 Å². The number of ether oxygens (including phenoxy) is 1. The molecule has 2 atom stereocenters. The minimum atomic E-state index is -0.818. The van der Waals surface area contributed by atoms with Crippen molar-refractivity contribution < 1.29 is 19.4 Å². The normalized spacial score (nSPS) is 27.2. The Morgan fingerprint density at radius 1 is 1.25 bits per heavy atom. The molecule has 20 heavy (non-hydrogen) atoms. The maximum Gasteiger partial charge on any atom is 0.315 e. The summed E-state index contributed by atoms with van der Waals surface area (Å²) in [6, 6.07) is -0.507. The molecule has 7 heteroatoms. The summed E-state index contributed by atoms with van der Waals surface area (Å²) >= 11 is 0. The second kappa shape index (κ2) is 7.44. The van der Waals surface area contributed by atoms with Gasteiger partial charge in [0.05, 0.1) is 19.1 Å². The lowest BCUT2D eigenvalue weighted by atomic mass is 10.0. The fourth-order valence-electron chi connectivity index (χ4n) is 2.80. The maximum absolute atomic E-state index is 11.8. The number of carboxylic acid groups (broad SMARTS) is 1. The number of hydrogen-bond acceptors (Lipinski definition) is 4. The number of carbonyl (C=O) groups is 2. The van der Waals surface area contributed by atoms with E-state index in [1.165, 1.54) is 0 Å². The van der Waals surface area contributed by atoms with Crippen LogP contribution in [0.5, 0.6) is 0 Å². The van der Waals surface area contributed by atoms with Crippen LogP contribution < -0.4 is 10.6 Å². The molecule has 114 valence electrons. The molecule has 2 unspecified atom stereocenters. The first-order valence-corrected chi connectivity index (χ1v) is 7.24. The predicted molar refractivity (Wildman–Crippen MR) is 72.6 cm³/mol. The van der Waals surface area contributed by atoms with Gasteiger partial charge >= 0.3 is 12.0 Å². The summed E-state index contributed by atoms with van der Waals surface area (Å²) in [4.78, 5) is 25.0. The van der Waals surface area contributed by atoms with E-state index in [1.807, 2.05) is 0 Å². The summed E-state index contributed by atoms with van der Waals surface area (Å²) in [6.45, 7) is 4.64. The summed E-state index contributed by atoms with van der Waals surface area (Å²) in [5.41, 5.74) is 0. The predicted octanol–water partition coefficient (Wildman–Crippen LogP) is -0.129. The first kappa shape index (κ1) is 15.1. The molecule has 2 aliphatic rings. The molecule has 2 amide bonds. The summed E-state index contributed by atoms with van der Waals surface area (Å²) in [5.74, 6) is -1.26. The van der Waals surface area contributed by atoms with Gasteiger partial charge in [-0.25, -0.2) is 4.79 Å². The molecule has 7 nitrogen and oxygen atoms in total. The monoisotopic (exact) mass is 285 g/mol. The summed E-state index contributed by atoms with van der Waals surface area (Å²) in [5, 5.41) is 14.6. The number of hydrogen-bond donors (Lipinski definition) is 3. The van der Waals surface area contributed by atoms with E-state index < -0.39 is 11.9 Å². The Kier molecular flexibility index (Phi) is 5.60. The van der Waals surface area contributed by atoms with E-state index >= 15 is 0 Å². The molecule has 0 aromatic carbocycles. The lowest BCUT2D eigenvalue weighted by Crippen LogP contribution is -2.48. The molecule has 1 heterocycles. The van der Waals surface area contributed by atoms with Gasteiger partial charge in [0.25, 0.3) is 0 Å². The van der Waals surface area contributed by atoms with Crippen molar-refractivity contribution in [3.8, 4) is 0 Å². The molecule has 0 radical (unpaired) electrons. The smallest absolute Gasteiger partial charge is 0.315 e. The van der Waals surface area contributed by atoms with Gasteiger partial charge in [-0.15, -0.1) is 0 Å². The standard InChI is InChI=1S/C13H23N3O4/c17-12(18)10-2-1-3-11(10)15-13(19)14-4-5-16-6-8-20-9-7-16/h10-11H,1-9H2,(H,17,18)(H2,14,15,19). The molecule has 1 aliphatic heterocycles. The third-order valence-electron chi connectivity index (χ3n) is 3.97. The third-order valence-corrected chi connectivity index (χ3v) is 3.97. The molecule has 0 bridgehead atoms. The highest BCUT2D eigenvalue weighted by Crippen LogP contribution is 2.25. The van der Waals surface area contributed by atoms with Crippen molar-refractivity contribution in [2.75, 3.05) is 39.4 Å². The molecular formula is C13H23N3O4. The van der Waals surface area contributed by atoms with Crippen LogP contribution in [-0.4, -0.2) is 67.4 Å². The first-order chi connectivity index (χ1) is 9.66. The molecule has 1 aliphatic carbocycles. The largest absolute Gasteiger partial charge is 0.481 e. The van der Waals surface area contributed by atoms with Gasteiger partial charge in [-0.2, -0.15) is 0 Å². The van der Waals surface area contributed by atoms with E-state index in [2.05, 4.69) is 15.5 Å². The Hall–Kier alpha value is -1.34. The van der Waals surface area contributed by atoms with Gasteiger partial charge in [-0.1, -0.05) is 6.42 Å². The highest BCUT2D eigenvalue weighted by molar-refractivity contribution is 5.77.